The van der Waals surface area contributed by atoms with E-state index in [9.17, 15) is 5.11 Å². The predicted octanol–water partition coefficient (Wildman–Crippen LogP) is 4.22. The van der Waals surface area contributed by atoms with E-state index in [1.54, 1.807) is 11.3 Å². The maximum absolute atomic E-state index is 10.5. The Labute approximate surface area is 171 Å². The molecule has 144 valence electrons. The Balaban J connectivity index is 0.00000121. The van der Waals surface area contributed by atoms with Gasteiger partial charge in [-0.2, -0.15) is 0 Å². The van der Waals surface area contributed by atoms with Gasteiger partial charge in [0, 0.05) is 41.0 Å². The fraction of sp³-hybridized carbons (Fsp3) is 0.474. The Hall–Kier alpha value is -0.980. The SMILES string of the molecule is Cc1ccc(-c2cc(O)c3c(c2)CN(C2CCCNC2)CCO3)s1.Cl.Cl. The Bertz CT molecular complexity index is 732. The van der Waals surface area contributed by atoms with Gasteiger partial charge in [0.15, 0.2) is 11.5 Å². The molecule has 2 aliphatic heterocycles. The average Bonchev–Trinajstić information content (AvgIpc) is 2.91. The van der Waals surface area contributed by atoms with E-state index in [0.29, 0.717) is 18.4 Å². The first-order valence-electron chi connectivity index (χ1n) is 8.71. The second-order valence-electron chi connectivity index (χ2n) is 6.71. The number of nitrogens with zero attached hydrogens (tertiary/aromatic N) is 1. The van der Waals surface area contributed by atoms with Crippen molar-refractivity contribution in [3.63, 3.8) is 0 Å². The highest BCUT2D eigenvalue weighted by Crippen LogP contribution is 2.39. The van der Waals surface area contributed by atoms with Crippen LogP contribution in [0.25, 0.3) is 10.4 Å². The number of hydrogen-bond acceptors (Lipinski definition) is 5. The zero-order valence-electron chi connectivity index (χ0n) is 14.9. The zero-order chi connectivity index (χ0) is 16.5. The largest absolute Gasteiger partial charge is 0.504 e. The van der Waals surface area contributed by atoms with Gasteiger partial charge in [0.2, 0.25) is 0 Å². The molecule has 1 aromatic carbocycles. The molecule has 0 aliphatic carbocycles. The number of aromatic hydroxyl groups is 1. The summed E-state index contributed by atoms with van der Waals surface area (Å²) in [6, 6.07) is 8.83. The van der Waals surface area contributed by atoms with Gasteiger partial charge in [-0.25, -0.2) is 0 Å². The van der Waals surface area contributed by atoms with E-state index in [2.05, 4.69) is 35.3 Å². The van der Waals surface area contributed by atoms with Gasteiger partial charge >= 0.3 is 0 Å². The van der Waals surface area contributed by atoms with Crippen molar-refractivity contribution in [3.8, 4) is 21.9 Å². The smallest absolute Gasteiger partial charge is 0.165 e. The van der Waals surface area contributed by atoms with Crippen molar-refractivity contribution in [1.82, 2.24) is 10.2 Å². The molecule has 2 N–H and O–H groups in total. The van der Waals surface area contributed by atoms with Crippen LogP contribution < -0.4 is 10.1 Å². The molecule has 0 bridgehead atoms. The number of halogens is 2. The van der Waals surface area contributed by atoms with Gasteiger partial charge in [-0.3, -0.25) is 4.90 Å². The first-order valence-corrected chi connectivity index (χ1v) is 9.52. The Morgan fingerprint density at radius 1 is 1.27 bits per heavy atom. The lowest BCUT2D eigenvalue weighted by Gasteiger charge is -2.33. The van der Waals surface area contributed by atoms with Gasteiger partial charge in [-0.1, -0.05) is 0 Å². The summed E-state index contributed by atoms with van der Waals surface area (Å²) in [5.74, 6) is 0.926. The van der Waals surface area contributed by atoms with Crippen LogP contribution in [-0.4, -0.2) is 42.3 Å². The Kier molecular flexibility index (Phi) is 7.62. The molecule has 4 rings (SSSR count). The molecule has 2 aromatic rings. The van der Waals surface area contributed by atoms with Crippen LogP contribution in [0.1, 0.15) is 23.3 Å². The fourth-order valence-corrected chi connectivity index (χ4v) is 4.56. The number of hydrogen-bond donors (Lipinski definition) is 2. The summed E-state index contributed by atoms with van der Waals surface area (Å²) in [6.45, 7) is 6.67. The summed E-state index contributed by atoms with van der Waals surface area (Å²) >= 11 is 1.76. The van der Waals surface area contributed by atoms with E-state index >= 15 is 0 Å². The number of ether oxygens (including phenoxy) is 1. The van der Waals surface area contributed by atoms with Gasteiger partial charge < -0.3 is 15.2 Å². The number of rotatable bonds is 2. The minimum atomic E-state index is 0. The molecular formula is C19H26Cl2N2O2S. The topological polar surface area (TPSA) is 44.7 Å². The monoisotopic (exact) mass is 416 g/mol. The molecule has 3 heterocycles. The van der Waals surface area contributed by atoms with Gasteiger partial charge in [-0.15, -0.1) is 36.2 Å². The lowest BCUT2D eigenvalue weighted by Crippen LogP contribution is -2.46. The number of piperidine rings is 1. The maximum Gasteiger partial charge on any atom is 0.165 e. The molecular weight excluding hydrogens is 391 g/mol. The predicted molar refractivity (Wildman–Crippen MR) is 112 cm³/mol. The van der Waals surface area contributed by atoms with Crippen LogP contribution in [0.4, 0.5) is 0 Å². The van der Waals surface area contributed by atoms with Crippen molar-refractivity contribution in [2.75, 3.05) is 26.2 Å². The number of nitrogens with one attached hydrogen (secondary N) is 1. The Morgan fingerprint density at radius 2 is 2.12 bits per heavy atom. The molecule has 4 nitrogen and oxygen atoms in total. The van der Waals surface area contributed by atoms with E-state index in [0.717, 1.165) is 37.3 Å². The third kappa shape index (κ3) is 4.46. The summed E-state index contributed by atoms with van der Waals surface area (Å²) in [4.78, 5) is 4.98. The van der Waals surface area contributed by atoms with Crippen molar-refractivity contribution in [1.29, 1.82) is 0 Å². The van der Waals surface area contributed by atoms with Crippen LogP contribution in [0.15, 0.2) is 24.3 Å². The summed E-state index contributed by atoms with van der Waals surface area (Å²) in [6.07, 6.45) is 2.47. The molecule has 1 saturated heterocycles. The fourth-order valence-electron chi connectivity index (χ4n) is 3.71. The third-order valence-electron chi connectivity index (χ3n) is 4.96. The highest BCUT2D eigenvalue weighted by molar-refractivity contribution is 7.15. The summed E-state index contributed by atoms with van der Waals surface area (Å²) in [7, 11) is 0. The van der Waals surface area contributed by atoms with E-state index in [1.807, 2.05) is 6.07 Å². The van der Waals surface area contributed by atoms with Crippen molar-refractivity contribution in [2.45, 2.75) is 32.4 Å². The van der Waals surface area contributed by atoms with E-state index in [-0.39, 0.29) is 30.6 Å². The van der Waals surface area contributed by atoms with Crippen molar-refractivity contribution < 1.29 is 9.84 Å². The maximum atomic E-state index is 10.5. The van der Waals surface area contributed by atoms with E-state index < -0.39 is 0 Å². The van der Waals surface area contributed by atoms with Crippen molar-refractivity contribution in [3.05, 3.63) is 34.7 Å². The molecule has 0 saturated carbocycles. The lowest BCUT2D eigenvalue weighted by atomic mass is 10.0. The molecule has 2 aliphatic rings. The van der Waals surface area contributed by atoms with Gasteiger partial charge in [0.05, 0.1) is 0 Å². The van der Waals surface area contributed by atoms with E-state index in [1.165, 1.54) is 22.6 Å². The van der Waals surface area contributed by atoms with Crippen LogP contribution in [0.2, 0.25) is 0 Å². The number of fused-ring (bicyclic) bond motifs is 1. The summed E-state index contributed by atoms with van der Waals surface area (Å²) in [5, 5.41) is 14.0. The molecule has 26 heavy (non-hydrogen) atoms. The second kappa shape index (κ2) is 9.29. The first kappa shape index (κ1) is 21.3. The summed E-state index contributed by atoms with van der Waals surface area (Å²) in [5.41, 5.74) is 2.18. The minimum absolute atomic E-state index is 0. The molecule has 1 atom stereocenters. The second-order valence-corrected chi connectivity index (χ2v) is 8.00. The average molecular weight is 417 g/mol. The zero-order valence-corrected chi connectivity index (χ0v) is 17.3. The molecule has 1 aromatic heterocycles. The number of aryl methyl sites for hydroxylation is 1. The van der Waals surface area contributed by atoms with Gasteiger partial charge in [0.25, 0.3) is 0 Å². The number of benzene rings is 1. The van der Waals surface area contributed by atoms with Gasteiger partial charge in [0.1, 0.15) is 6.61 Å². The Morgan fingerprint density at radius 3 is 2.81 bits per heavy atom. The number of phenols is 1. The number of thiophene rings is 1. The van der Waals surface area contributed by atoms with Crippen LogP contribution >= 0.6 is 36.2 Å². The van der Waals surface area contributed by atoms with Crippen LogP contribution in [0.5, 0.6) is 11.5 Å². The highest BCUT2D eigenvalue weighted by Gasteiger charge is 2.26. The highest BCUT2D eigenvalue weighted by atomic mass is 35.5. The van der Waals surface area contributed by atoms with Crippen LogP contribution in [0, 0.1) is 6.92 Å². The van der Waals surface area contributed by atoms with Crippen LogP contribution in [-0.2, 0) is 6.54 Å². The molecule has 0 radical (unpaired) electrons. The number of phenolic OH excluding ortho intramolecular Hbond substituents is 1. The standard InChI is InChI=1S/C19H24N2O2S.2ClH/c1-13-4-5-18(24-13)14-9-15-12-21(16-3-2-6-20-11-16)7-8-23-19(15)17(22)10-14;;/h4-5,9-10,16,20,22H,2-3,6-8,11-12H2,1H3;2*1H. The summed E-state index contributed by atoms with van der Waals surface area (Å²) < 4.78 is 5.89. The molecule has 0 spiro atoms. The quantitative estimate of drug-likeness (QED) is 0.768. The molecule has 0 amide bonds. The van der Waals surface area contributed by atoms with Crippen molar-refractivity contribution in [2.24, 2.45) is 0 Å². The van der Waals surface area contributed by atoms with Crippen molar-refractivity contribution >= 4 is 36.2 Å². The van der Waals surface area contributed by atoms with Gasteiger partial charge in [-0.05, 0) is 56.1 Å². The normalized spacial score (nSPS) is 20.1. The van der Waals surface area contributed by atoms with E-state index in [4.69, 9.17) is 4.74 Å². The molecule has 7 heteroatoms. The molecule has 1 unspecified atom stereocenters. The first-order chi connectivity index (χ1) is 11.7. The third-order valence-corrected chi connectivity index (χ3v) is 6.01. The van der Waals surface area contributed by atoms with Crippen LogP contribution in [0.3, 0.4) is 0 Å². The minimum Gasteiger partial charge on any atom is -0.504 e. The lowest BCUT2D eigenvalue weighted by molar-refractivity contribution is 0.144. The molecule has 1 fully saturated rings.